The van der Waals surface area contributed by atoms with Gasteiger partial charge in [-0.3, -0.25) is 14.6 Å². The Morgan fingerprint density at radius 1 is 1.03 bits per heavy atom. The van der Waals surface area contributed by atoms with Gasteiger partial charge in [0.05, 0.1) is 18.2 Å². The lowest BCUT2D eigenvalue weighted by Crippen LogP contribution is -2.31. The Balaban J connectivity index is 1.69. The largest absolute Gasteiger partial charge is 0.507 e. The van der Waals surface area contributed by atoms with Gasteiger partial charge in [0.1, 0.15) is 17.3 Å². The minimum Gasteiger partial charge on any atom is -0.507 e. The molecule has 0 aliphatic carbocycles. The molecule has 1 atom stereocenters. The smallest absolute Gasteiger partial charge is 0.295 e. The first-order valence-electron chi connectivity index (χ1n) is 11.2. The summed E-state index contributed by atoms with van der Waals surface area (Å²) in [6, 6.07) is 15.5. The maximum absolute atomic E-state index is 13.3. The molecule has 0 radical (unpaired) electrons. The first-order chi connectivity index (χ1) is 16.5. The van der Waals surface area contributed by atoms with Crippen LogP contribution in [0.2, 0.25) is 0 Å². The Kier molecular flexibility index (Phi) is 7.01. The fraction of sp³-hybridized carbons (Fsp3) is 0.222. The number of rotatable bonds is 8. The molecule has 1 aliphatic heterocycles. The van der Waals surface area contributed by atoms with E-state index >= 15 is 0 Å². The fourth-order valence-electron chi connectivity index (χ4n) is 3.99. The highest BCUT2D eigenvalue weighted by Crippen LogP contribution is 2.39. The normalized spacial score (nSPS) is 17.2. The molecule has 0 spiro atoms. The number of nitrogens with zero attached hydrogens (tertiary/aromatic N) is 2. The third kappa shape index (κ3) is 4.83. The van der Waals surface area contributed by atoms with Crippen molar-refractivity contribution < 1.29 is 23.8 Å². The second-order valence-corrected chi connectivity index (χ2v) is 8.02. The predicted octanol–water partition coefficient (Wildman–Crippen LogP) is 4.67. The lowest BCUT2D eigenvalue weighted by atomic mass is 9.96. The third-order valence-corrected chi connectivity index (χ3v) is 5.72. The van der Waals surface area contributed by atoms with Crippen LogP contribution in [0.1, 0.15) is 36.1 Å². The summed E-state index contributed by atoms with van der Waals surface area (Å²) in [7, 11) is 0. The zero-order chi connectivity index (χ0) is 24.1. The van der Waals surface area contributed by atoms with E-state index in [1.807, 2.05) is 6.92 Å². The zero-order valence-electron chi connectivity index (χ0n) is 18.8. The van der Waals surface area contributed by atoms with Crippen LogP contribution in [-0.2, 0) is 16.0 Å². The molecule has 174 valence electrons. The molecule has 6 nitrogen and oxygen atoms in total. The summed E-state index contributed by atoms with van der Waals surface area (Å²) in [6.07, 6.45) is 4.46. The maximum atomic E-state index is 13.3. The second-order valence-electron chi connectivity index (χ2n) is 8.02. The van der Waals surface area contributed by atoms with Crippen molar-refractivity contribution in [2.45, 2.75) is 25.8 Å². The number of carbonyl (C=O) groups is 2. The second kappa shape index (κ2) is 10.3. The molecule has 2 aromatic carbocycles. The number of pyridine rings is 1. The van der Waals surface area contributed by atoms with Gasteiger partial charge in [0, 0.05) is 24.5 Å². The van der Waals surface area contributed by atoms with Crippen molar-refractivity contribution in [2.75, 3.05) is 13.2 Å². The number of amides is 1. The van der Waals surface area contributed by atoms with Gasteiger partial charge in [-0.15, -0.1) is 0 Å². The van der Waals surface area contributed by atoms with Gasteiger partial charge in [-0.25, -0.2) is 4.39 Å². The van der Waals surface area contributed by atoms with Crippen LogP contribution in [0.5, 0.6) is 5.75 Å². The van der Waals surface area contributed by atoms with Gasteiger partial charge in [0.25, 0.3) is 11.7 Å². The number of ether oxygens (including phenoxy) is 1. The van der Waals surface area contributed by atoms with Crippen molar-refractivity contribution in [1.82, 2.24) is 9.88 Å². The van der Waals surface area contributed by atoms with Gasteiger partial charge in [0.15, 0.2) is 0 Å². The van der Waals surface area contributed by atoms with E-state index in [9.17, 15) is 19.1 Å². The van der Waals surface area contributed by atoms with Crippen LogP contribution >= 0.6 is 0 Å². The van der Waals surface area contributed by atoms with Gasteiger partial charge in [-0.2, -0.15) is 0 Å². The fourth-order valence-corrected chi connectivity index (χ4v) is 3.99. The van der Waals surface area contributed by atoms with Crippen LogP contribution in [0.25, 0.3) is 5.76 Å². The molecule has 1 fully saturated rings. The quantitative estimate of drug-likeness (QED) is 0.300. The average Bonchev–Trinajstić information content (AvgIpc) is 3.12. The summed E-state index contributed by atoms with van der Waals surface area (Å²) in [5.74, 6) is -1.36. The van der Waals surface area contributed by atoms with Crippen molar-refractivity contribution in [1.29, 1.82) is 0 Å². The SMILES string of the molecule is CCCOc1ccc(/C(O)=C2/C(=O)C(=O)N(CCc3ccc(F)cc3)C2c2ccncc2)cc1. The highest BCUT2D eigenvalue weighted by Gasteiger charge is 2.45. The molecule has 3 aromatic rings. The maximum Gasteiger partial charge on any atom is 0.295 e. The van der Waals surface area contributed by atoms with E-state index in [4.69, 9.17) is 4.74 Å². The van der Waals surface area contributed by atoms with E-state index in [2.05, 4.69) is 4.98 Å². The summed E-state index contributed by atoms with van der Waals surface area (Å²) < 4.78 is 18.8. The van der Waals surface area contributed by atoms with E-state index in [-0.39, 0.29) is 23.7 Å². The summed E-state index contributed by atoms with van der Waals surface area (Å²) >= 11 is 0. The van der Waals surface area contributed by atoms with Gasteiger partial charge >= 0.3 is 0 Å². The van der Waals surface area contributed by atoms with Crippen LogP contribution in [0, 0.1) is 5.82 Å². The third-order valence-electron chi connectivity index (χ3n) is 5.72. The summed E-state index contributed by atoms with van der Waals surface area (Å²) in [6.45, 7) is 2.81. The number of Topliss-reactive ketones (excluding diaryl/α,β-unsaturated/α-hetero) is 1. The molecular formula is C27H25FN2O4. The monoisotopic (exact) mass is 460 g/mol. The molecule has 1 aromatic heterocycles. The van der Waals surface area contributed by atoms with Crippen LogP contribution < -0.4 is 4.74 Å². The van der Waals surface area contributed by atoms with Gasteiger partial charge in [-0.05, 0) is 72.5 Å². The van der Waals surface area contributed by atoms with E-state index in [0.717, 1.165) is 12.0 Å². The number of aliphatic hydroxyl groups excluding tert-OH is 1. The molecule has 1 aliphatic rings. The lowest BCUT2D eigenvalue weighted by Gasteiger charge is -2.25. The number of likely N-dealkylation sites (tertiary alicyclic amines) is 1. The summed E-state index contributed by atoms with van der Waals surface area (Å²) in [5, 5.41) is 11.1. The lowest BCUT2D eigenvalue weighted by molar-refractivity contribution is -0.139. The minimum absolute atomic E-state index is 0.0255. The molecular weight excluding hydrogens is 435 g/mol. The number of ketones is 1. The van der Waals surface area contributed by atoms with Crippen molar-refractivity contribution in [3.63, 3.8) is 0 Å². The van der Waals surface area contributed by atoms with Gasteiger partial charge in [-0.1, -0.05) is 19.1 Å². The highest BCUT2D eigenvalue weighted by atomic mass is 19.1. The molecule has 0 bridgehead atoms. The number of carbonyl (C=O) groups excluding carboxylic acids is 2. The molecule has 1 amide bonds. The van der Waals surface area contributed by atoms with Crippen molar-refractivity contribution in [3.05, 3.63) is 101 Å². The first-order valence-corrected chi connectivity index (χ1v) is 11.2. The molecule has 1 unspecified atom stereocenters. The Morgan fingerprint density at radius 2 is 1.71 bits per heavy atom. The minimum atomic E-state index is -0.764. The van der Waals surface area contributed by atoms with Gasteiger partial charge < -0.3 is 14.7 Å². The van der Waals surface area contributed by atoms with Crippen molar-refractivity contribution in [3.8, 4) is 5.75 Å². The van der Waals surface area contributed by atoms with Gasteiger partial charge in [0.2, 0.25) is 0 Å². The number of aromatic nitrogens is 1. The zero-order valence-corrected chi connectivity index (χ0v) is 18.8. The topological polar surface area (TPSA) is 79.7 Å². The molecule has 1 N–H and O–H groups in total. The van der Waals surface area contributed by atoms with Crippen molar-refractivity contribution in [2.24, 2.45) is 0 Å². The Bertz CT molecular complexity index is 1190. The van der Waals surface area contributed by atoms with E-state index in [0.29, 0.717) is 29.9 Å². The van der Waals surface area contributed by atoms with Crippen LogP contribution in [-0.4, -0.2) is 39.8 Å². The Hall–Kier alpha value is -4.00. The van der Waals surface area contributed by atoms with E-state index < -0.39 is 17.7 Å². The predicted molar refractivity (Wildman–Crippen MR) is 126 cm³/mol. The molecule has 0 saturated carbocycles. The highest BCUT2D eigenvalue weighted by molar-refractivity contribution is 6.46. The summed E-state index contributed by atoms with van der Waals surface area (Å²) in [5.41, 5.74) is 1.94. The Morgan fingerprint density at radius 3 is 2.35 bits per heavy atom. The molecule has 7 heteroatoms. The van der Waals surface area contributed by atoms with Crippen LogP contribution in [0.4, 0.5) is 4.39 Å². The number of benzene rings is 2. The number of halogens is 1. The number of hydrogen-bond donors (Lipinski definition) is 1. The molecule has 1 saturated heterocycles. The standard InChI is InChI=1S/C27H25FN2O4/c1-2-17-34-22-9-5-20(6-10-22)25(31)23-24(19-11-14-29-15-12-19)30(27(33)26(23)32)16-13-18-3-7-21(28)8-4-18/h3-12,14-15,24,31H,2,13,16-17H2,1H3/b25-23-. The number of hydrogen-bond acceptors (Lipinski definition) is 5. The van der Waals surface area contributed by atoms with E-state index in [1.54, 1.807) is 60.9 Å². The average molecular weight is 461 g/mol. The summed E-state index contributed by atoms with van der Waals surface area (Å²) in [4.78, 5) is 31.6. The molecule has 4 rings (SSSR count). The Labute approximate surface area is 197 Å². The van der Waals surface area contributed by atoms with Crippen LogP contribution in [0.15, 0.2) is 78.6 Å². The van der Waals surface area contributed by atoms with Crippen LogP contribution in [0.3, 0.4) is 0 Å². The molecule has 34 heavy (non-hydrogen) atoms. The molecule has 2 heterocycles. The first kappa shape index (κ1) is 23.2. The van der Waals surface area contributed by atoms with Crippen molar-refractivity contribution >= 4 is 17.4 Å². The van der Waals surface area contributed by atoms with E-state index in [1.165, 1.54) is 17.0 Å². The number of aliphatic hydroxyl groups is 1.